The molecular weight excluding hydrogens is 176 g/mol. The first-order chi connectivity index (χ1) is 6.77. The van der Waals surface area contributed by atoms with E-state index in [0.29, 0.717) is 13.2 Å². The zero-order chi connectivity index (χ0) is 10.4. The molecule has 0 bridgehead atoms. The van der Waals surface area contributed by atoms with Crippen molar-refractivity contribution >= 4 is 0 Å². The number of aryl methyl sites for hydroxylation is 1. The van der Waals surface area contributed by atoms with E-state index in [4.69, 9.17) is 9.47 Å². The van der Waals surface area contributed by atoms with Crippen LogP contribution >= 0.6 is 0 Å². The van der Waals surface area contributed by atoms with Crippen LogP contribution in [0.1, 0.15) is 25.0 Å². The lowest BCUT2D eigenvalue weighted by Gasteiger charge is -2.09. The van der Waals surface area contributed by atoms with Gasteiger partial charge in [-0.05, 0) is 38.0 Å². The highest BCUT2D eigenvalue weighted by molar-refractivity contribution is 5.36. The monoisotopic (exact) mass is 194 g/mol. The van der Waals surface area contributed by atoms with Crippen LogP contribution in [0.3, 0.4) is 0 Å². The normalized spacial score (nSPS) is 10.2. The maximum atomic E-state index is 5.50. The molecule has 0 heterocycles. The van der Waals surface area contributed by atoms with Gasteiger partial charge in [0.25, 0.3) is 0 Å². The lowest BCUT2D eigenvalue weighted by molar-refractivity contribution is 0.134. The molecule has 2 heteroatoms. The highest BCUT2D eigenvalue weighted by atomic mass is 16.5. The topological polar surface area (TPSA) is 18.5 Å². The lowest BCUT2D eigenvalue weighted by Crippen LogP contribution is -1.97. The second kappa shape index (κ2) is 5.66. The third-order valence-electron chi connectivity index (χ3n) is 2.03. The first-order valence-electron chi connectivity index (χ1n) is 5.08. The number of hydrogen-bond donors (Lipinski definition) is 0. The lowest BCUT2D eigenvalue weighted by atomic mass is 10.1. The van der Waals surface area contributed by atoms with Crippen LogP contribution < -0.4 is 4.74 Å². The van der Waals surface area contributed by atoms with Crippen LogP contribution in [0.25, 0.3) is 0 Å². The number of benzene rings is 1. The average molecular weight is 194 g/mol. The van der Waals surface area contributed by atoms with Crippen molar-refractivity contribution in [1.82, 2.24) is 0 Å². The molecule has 1 rings (SSSR count). The molecule has 0 aliphatic rings. The number of rotatable bonds is 5. The van der Waals surface area contributed by atoms with Crippen molar-refractivity contribution in [2.75, 3.05) is 13.2 Å². The van der Waals surface area contributed by atoms with E-state index in [0.717, 1.165) is 12.4 Å². The molecule has 0 unspecified atom stereocenters. The molecule has 2 nitrogen and oxygen atoms in total. The zero-order valence-corrected chi connectivity index (χ0v) is 9.17. The minimum atomic E-state index is 0.664. The van der Waals surface area contributed by atoms with E-state index in [1.165, 1.54) is 11.1 Å². The second-order valence-corrected chi connectivity index (χ2v) is 3.17. The Morgan fingerprint density at radius 1 is 1.14 bits per heavy atom. The van der Waals surface area contributed by atoms with Gasteiger partial charge in [-0.3, -0.25) is 0 Å². The molecule has 14 heavy (non-hydrogen) atoms. The van der Waals surface area contributed by atoms with E-state index >= 15 is 0 Å². The summed E-state index contributed by atoms with van der Waals surface area (Å²) < 4.78 is 10.8. The minimum Gasteiger partial charge on any atom is -0.494 e. The van der Waals surface area contributed by atoms with E-state index in [-0.39, 0.29) is 0 Å². The smallest absolute Gasteiger partial charge is 0.122 e. The van der Waals surface area contributed by atoms with Crippen LogP contribution in [0, 0.1) is 6.92 Å². The summed E-state index contributed by atoms with van der Waals surface area (Å²) in [5.74, 6) is 0.963. The molecule has 0 aliphatic carbocycles. The molecule has 1 aromatic carbocycles. The van der Waals surface area contributed by atoms with Gasteiger partial charge in [-0.2, -0.15) is 0 Å². The third-order valence-corrected chi connectivity index (χ3v) is 2.03. The summed E-state index contributed by atoms with van der Waals surface area (Å²) >= 11 is 0. The van der Waals surface area contributed by atoms with Gasteiger partial charge in [-0.25, -0.2) is 0 Å². The molecule has 0 atom stereocenters. The fourth-order valence-corrected chi connectivity index (χ4v) is 1.27. The van der Waals surface area contributed by atoms with E-state index in [9.17, 15) is 0 Å². The van der Waals surface area contributed by atoms with E-state index < -0.39 is 0 Å². The molecule has 0 saturated carbocycles. The zero-order valence-electron chi connectivity index (χ0n) is 9.17. The van der Waals surface area contributed by atoms with Crippen molar-refractivity contribution in [3.05, 3.63) is 29.3 Å². The van der Waals surface area contributed by atoms with Gasteiger partial charge < -0.3 is 9.47 Å². The highest BCUT2D eigenvalue weighted by Gasteiger charge is 2.00. The van der Waals surface area contributed by atoms with Crippen LogP contribution in [0.15, 0.2) is 18.2 Å². The standard InChI is InChI=1S/C12H18O2/c1-4-13-9-11-7-6-10(3)12(8-11)14-5-2/h6-8H,4-5,9H2,1-3H3. The van der Waals surface area contributed by atoms with Crippen molar-refractivity contribution in [2.24, 2.45) is 0 Å². The maximum absolute atomic E-state index is 5.50. The second-order valence-electron chi connectivity index (χ2n) is 3.17. The fourth-order valence-electron chi connectivity index (χ4n) is 1.27. The summed E-state index contributed by atoms with van der Waals surface area (Å²) in [5, 5.41) is 0. The molecular formula is C12H18O2. The molecule has 0 aromatic heterocycles. The summed E-state index contributed by atoms with van der Waals surface area (Å²) in [6.07, 6.45) is 0. The average Bonchev–Trinajstić information content (AvgIpc) is 2.19. The van der Waals surface area contributed by atoms with Gasteiger partial charge in [0.1, 0.15) is 5.75 Å². The summed E-state index contributed by atoms with van der Waals surface area (Å²) in [6, 6.07) is 6.20. The van der Waals surface area contributed by atoms with Crippen molar-refractivity contribution in [3.63, 3.8) is 0 Å². The molecule has 1 aromatic rings. The predicted octanol–water partition coefficient (Wildman–Crippen LogP) is 2.93. The van der Waals surface area contributed by atoms with Gasteiger partial charge in [0, 0.05) is 6.61 Å². The van der Waals surface area contributed by atoms with Crippen molar-refractivity contribution in [1.29, 1.82) is 0 Å². The quantitative estimate of drug-likeness (QED) is 0.717. The molecule has 0 saturated heterocycles. The van der Waals surface area contributed by atoms with Gasteiger partial charge in [0.15, 0.2) is 0 Å². The molecule has 0 radical (unpaired) electrons. The largest absolute Gasteiger partial charge is 0.494 e. The first-order valence-corrected chi connectivity index (χ1v) is 5.08. The van der Waals surface area contributed by atoms with Gasteiger partial charge in [-0.15, -0.1) is 0 Å². The SMILES string of the molecule is CCOCc1ccc(C)c(OCC)c1. The Labute approximate surface area is 85.8 Å². The van der Waals surface area contributed by atoms with Gasteiger partial charge >= 0.3 is 0 Å². The molecule has 0 amide bonds. The molecule has 0 fully saturated rings. The Hall–Kier alpha value is -1.02. The maximum Gasteiger partial charge on any atom is 0.122 e. The molecule has 78 valence electrons. The summed E-state index contributed by atoms with van der Waals surface area (Å²) in [7, 11) is 0. The number of hydrogen-bond acceptors (Lipinski definition) is 2. The Morgan fingerprint density at radius 2 is 1.93 bits per heavy atom. The molecule has 0 aliphatic heterocycles. The van der Waals surface area contributed by atoms with Crippen molar-refractivity contribution in [2.45, 2.75) is 27.4 Å². The molecule has 0 N–H and O–H groups in total. The van der Waals surface area contributed by atoms with E-state index in [1.807, 2.05) is 13.8 Å². The molecule has 0 spiro atoms. The third kappa shape index (κ3) is 3.04. The minimum absolute atomic E-state index is 0.664. The van der Waals surface area contributed by atoms with Crippen LogP contribution in [0.4, 0.5) is 0 Å². The number of ether oxygens (including phenoxy) is 2. The van der Waals surface area contributed by atoms with Crippen LogP contribution in [-0.2, 0) is 11.3 Å². The van der Waals surface area contributed by atoms with Crippen LogP contribution in [0.5, 0.6) is 5.75 Å². The van der Waals surface area contributed by atoms with Crippen molar-refractivity contribution in [3.8, 4) is 5.75 Å². The van der Waals surface area contributed by atoms with Crippen LogP contribution in [-0.4, -0.2) is 13.2 Å². The van der Waals surface area contributed by atoms with Gasteiger partial charge in [0.05, 0.1) is 13.2 Å². The van der Waals surface area contributed by atoms with Crippen molar-refractivity contribution < 1.29 is 9.47 Å². The summed E-state index contributed by atoms with van der Waals surface area (Å²) in [5.41, 5.74) is 2.34. The Kier molecular flexibility index (Phi) is 4.47. The van der Waals surface area contributed by atoms with E-state index in [1.54, 1.807) is 0 Å². The van der Waals surface area contributed by atoms with E-state index in [2.05, 4.69) is 25.1 Å². The predicted molar refractivity (Wildman–Crippen MR) is 57.7 cm³/mol. The Balaban J connectivity index is 2.72. The highest BCUT2D eigenvalue weighted by Crippen LogP contribution is 2.19. The first kappa shape index (κ1) is 11.1. The van der Waals surface area contributed by atoms with Gasteiger partial charge in [0.2, 0.25) is 0 Å². The Morgan fingerprint density at radius 3 is 2.57 bits per heavy atom. The Bertz CT molecular complexity index is 282. The summed E-state index contributed by atoms with van der Waals surface area (Å²) in [4.78, 5) is 0. The van der Waals surface area contributed by atoms with Crippen LogP contribution in [0.2, 0.25) is 0 Å². The van der Waals surface area contributed by atoms with Gasteiger partial charge in [-0.1, -0.05) is 12.1 Å². The summed E-state index contributed by atoms with van der Waals surface area (Å²) in [6.45, 7) is 8.16. The fraction of sp³-hybridized carbons (Fsp3) is 0.500.